The maximum Gasteiger partial charge on any atom is 0.306 e. The van der Waals surface area contributed by atoms with Gasteiger partial charge in [0.25, 0.3) is 0 Å². The number of carbonyl (C=O) groups excluding carboxylic acids is 3. The van der Waals surface area contributed by atoms with Gasteiger partial charge in [0.15, 0.2) is 6.10 Å². The highest BCUT2D eigenvalue weighted by molar-refractivity contribution is 5.71. The van der Waals surface area contributed by atoms with Crippen LogP contribution < -0.4 is 0 Å². The molecule has 6 nitrogen and oxygen atoms in total. The van der Waals surface area contributed by atoms with Crippen LogP contribution in [0.15, 0.2) is 72.9 Å². The predicted octanol–water partition coefficient (Wildman–Crippen LogP) is 18.2. The van der Waals surface area contributed by atoms with Gasteiger partial charge >= 0.3 is 17.9 Å². The van der Waals surface area contributed by atoms with Gasteiger partial charge in [-0.25, -0.2) is 0 Å². The standard InChI is InChI=1S/C59H102O6/c1-4-7-10-13-16-18-20-22-24-26-28-29-30-31-32-34-35-37-39-41-43-46-49-52-58(61)64-55-56(54-63-57(60)51-48-45-15-12-9-6-3)65-59(62)53-50-47-44-42-40-38-36-33-27-25-23-21-19-17-14-11-8-5-2/h7,10,16,18-19,21-22,24-25,27-29,56H,4-6,8-9,11-15,17,20,23,26,30-55H2,1-3H3/b10-7-,18-16-,21-19-,24-22-,27-25-,29-28-. The average Bonchev–Trinajstić information content (AvgIpc) is 3.30. The topological polar surface area (TPSA) is 78.9 Å². The summed E-state index contributed by atoms with van der Waals surface area (Å²) in [7, 11) is 0. The number of hydrogen-bond donors (Lipinski definition) is 0. The fraction of sp³-hybridized carbons (Fsp3) is 0.746. The predicted molar refractivity (Wildman–Crippen MR) is 279 cm³/mol. The third-order valence-corrected chi connectivity index (χ3v) is 11.7. The summed E-state index contributed by atoms with van der Waals surface area (Å²) >= 11 is 0. The zero-order chi connectivity index (χ0) is 47.2. The van der Waals surface area contributed by atoms with Crippen LogP contribution >= 0.6 is 0 Å². The van der Waals surface area contributed by atoms with Crippen molar-refractivity contribution < 1.29 is 28.6 Å². The smallest absolute Gasteiger partial charge is 0.306 e. The van der Waals surface area contributed by atoms with E-state index in [1.54, 1.807) is 0 Å². The molecular weight excluding hydrogens is 805 g/mol. The summed E-state index contributed by atoms with van der Waals surface area (Å²) in [5, 5.41) is 0. The van der Waals surface area contributed by atoms with Crippen molar-refractivity contribution in [2.75, 3.05) is 13.2 Å². The lowest BCUT2D eigenvalue weighted by molar-refractivity contribution is -0.167. The van der Waals surface area contributed by atoms with Crippen LogP contribution in [0.25, 0.3) is 0 Å². The minimum absolute atomic E-state index is 0.0794. The largest absolute Gasteiger partial charge is 0.462 e. The second kappa shape index (κ2) is 53.5. The Bertz CT molecular complexity index is 1230. The summed E-state index contributed by atoms with van der Waals surface area (Å²) in [5.41, 5.74) is 0. The van der Waals surface area contributed by atoms with Crippen LogP contribution in [-0.2, 0) is 28.6 Å². The molecule has 1 unspecified atom stereocenters. The van der Waals surface area contributed by atoms with Crippen LogP contribution in [-0.4, -0.2) is 37.2 Å². The molecule has 0 aliphatic heterocycles. The number of carbonyl (C=O) groups is 3. The van der Waals surface area contributed by atoms with Crippen LogP contribution in [0, 0.1) is 0 Å². The molecule has 0 fully saturated rings. The Morgan fingerprint density at radius 1 is 0.323 bits per heavy atom. The zero-order valence-corrected chi connectivity index (χ0v) is 42.7. The molecule has 0 rings (SSSR count). The van der Waals surface area contributed by atoms with E-state index < -0.39 is 6.10 Å². The Labute approximate surface area is 402 Å². The fourth-order valence-electron chi connectivity index (χ4n) is 7.58. The van der Waals surface area contributed by atoms with Crippen molar-refractivity contribution in [3.05, 3.63) is 72.9 Å². The molecule has 65 heavy (non-hydrogen) atoms. The van der Waals surface area contributed by atoms with Crippen LogP contribution in [0.4, 0.5) is 0 Å². The van der Waals surface area contributed by atoms with Crippen LogP contribution in [0.2, 0.25) is 0 Å². The lowest BCUT2D eigenvalue weighted by atomic mass is 10.1. The van der Waals surface area contributed by atoms with Gasteiger partial charge in [0.2, 0.25) is 0 Å². The van der Waals surface area contributed by atoms with Crippen molar-refractivity contribution in [1.82, 2.24) is 0 Å². The van der Waals surface area contributed by atoms with Crippen LogP contribution in [0.1, 0.15) is 265 Å². The highest BCUT2D eigenvalue weighted by atomic mass is 16.6. The first kappa shape index (κ1) is 61.9. The van der Waals surface area contributed by atoms with E-state index in [0.717, 1.165) is 96.3 Å². The molecule has 0 saturated carbocycles. The molecule has 0 heterocycles. The first-order valence-electron chi connectivity index (χ1n) is 27.4. The maximum atomic E-state index is 12.8. The highest BCUT2D eigenvalue weighted by Gasteiger charge is 2.19. The SMILES string of the molecule is CC/C=C\C/C=C\C/C=C\C/C=C\CCCCCCCCCCCCC(=O)OCC(COC(=O)CCCCCCCC)OC(=O)CCCCCCCCC/C=C\C/C=C\CCCCCC. The Kier molecular flexibility index (Phi) is 50.9. The van der Waals surface area contributed by atoms with E-state index in [1.165, 1.54) is 128 Å². The van der Waals surface area contributed by atoms with Crippen molar-refractivity contribution in [2.45, 2.75) is 271 Å². The van der Waals surface area contributed by atoms with Gasteiger partial charge in [0.1, 0.15) is 13.2 Å². The minimum Gasteiger partial charge on any atom is -0.462 e. The fourth-order valence-corrected chi connectivity index (χ4v) is 7.58. The highest BCUT2D eigenvalue weighted by Crippen LogP contribution is 2.15. The molecule has 0 aliphatic rings. The van der Waals surface area contributed by atoms with Crippen molar-refractivity contribution in [3.63, 3.8) is 0 Å². The van der Waals surface area contributed by atoms with Gasteiger partial charge < -0.3 is 14.2 Å². The Hall–Kier alpha value is -3.15. The monoisotopic (exact) mass is 907 g/mol. The van der Waals surface area contributed by atoms with E-state index in [9.17, 15) is 14.4 Å². The number of rotatable bonds is 49. The molecule has 374 valence electrons. The van der Waals surface area contributed by atoms with Crippen LogP contribution in [0.3, 0.4) is 0 Å². The second-order valence-corrected chi connectivity index (χ2v) is 18.1. The van der Waals surface area contributed by atoms with Crippen molar-refractivity contribution in [2.24, 2.45) is 0 Å². The summed E-state index contributed by atoms with van der Waals surface area (Å²) in [5.74, 6) is -0.897. The van der Waals surface area contributed by atoms with E-state index in [0.29, 0.717) is 19.3 Å². The van der Waals surface area contributed by atoms with Gasteiger partial charge in [-0.15, -0.1) is 0 Å². The number of esters is 3. The van der Waals surface area contributed by atoms with E-state index >= 15 is 0 Å². The Morgan fingerprint density at radius 2 is 0.600 bits per heavy atom. The van der Waals surface area contributed by atoms with E-state index in [2.05, 4.69) is 93.7 Å². The van der Waals surface area contributed by atoms with Gasteiger partial charge in [-0.3, -0.25) is 14.4 Å². The quantitative estimate of drug-likeness (QED) is 0.0262. The summed E-state index contributed by atoms with van der Waals surface area (Å²) in [6.45, 7) is 6.45. The molecule has 0 aromatic heterocycles. The molecule has 0 aromatic carbocycles. The molecule has 6 heteroatoms. The Morgan fingerprint density at radius 3 is 0.954 bits per heavy atom. The average molecular weight is 907 g/mol. The molecule has 0 N–H and O–H groups in total. The number of allylic oxidation sites excluding steroid dienone is 12. The molecular formula is C59H102O6. The van der Waals surface area contributed by atoms with Crippen LogP contribution in [0.5, 0.6) is 0 Å². The van der Waals surface area contributed by atoms with Gasteiger partial charge in [-0.05, 0) is 89.9 Å². The third-order valence-electron chi connectivity index (χ3n) is 11.7. The van der Waals surface area contributed by atoms with Gasteiger partial charge in [-0.1, -0.05) is 229 Å². The molecule has 1 atom stereocenters. The summed E-state index contributed by atoms with van der Waals surface area (Å²) in [6, 6.07) is 0. The van der Waals surface area contributed by atoms with Crippen molar-refractivity contribution in [3.8, 4) is 0 Å². The lowest BCUT2D eigenvalue weighted by Gasteiger charge is -2.18. The second-order valence-electron chi connectivity index (χ2n) is 18.1. The molecule has 0 saturated heterocycles. The third kappa shape index (κ3) is 51.7. The summed E-state index contributed by atoms with van der Waals surface area (Å²) in [6.07, 6.45) is 67.7. The van der Waals surface area contributed by atoms with E-state index in [-0.39, 0.29) is 31.1 Å². The first-order chi connectivity index (χ1) is 32.0. The summed E-state index contributed by atoms with van der Waals surface area (Å²) < 4.78 is 16.7. The van der Waals surface area contributed by atoms with Gasteiger partial charge in [0.05, 0.1) is 0 Å². The van der Waals surface area contributed by atoms with E-state index in [1.807, 2.05) is 0 Å². The molecule has 0 radical (unpaired) electrons. The molecule has 0 amide bonds. The van der Waals surface area contributed by atoms with Gasteiger partial charge in [-0.2, -0.15) is 0 Å². The van der Waals surface area contributed by atoms with Crippen molar-refractivity contribution in [1.29, 1.82) is 0 Å². The first-order valence-corrected chi connectivity index (χ1v) is 27.4. The molecule has 0 bridgehead atoms. The number of hydrogen-bond acceptors (Lipinski definition) is 6. The minimum atomic E-state index is -0.777. The maximum absolute atomic E-state index is 12.8. The normalized spacial score (nSPS) is 12.6. The molecule has 0 aliphatic carbocycles. The Balaban J connectivity index is 4.18. The van der Waals surface area contributed by atoms with Crippen molar-refractivity contribution >= 4 is 17.9 Å². The summed E-state index contributed by atoms with van der Waals surface area (Å²) in [4.78, 5) is 37.8. The zero-order valence-electron chi connectivity index (χ0n) is 42.7. The molecule has 0 aromatic rings. The van der Waals surface area contributed by atoms with E-state index in [4.69, 9.17) is 14.2 Å². The lowest BCUT2D eigenvalue weighted by Crippen LogP contribution is -2.30. The van der Waals surface area contributed by atoms with Gasteiger partial charge in [0, 0.05) is 19.3 Å². The number of unbranched alkanes of at least 4 members (excludes halogenated alkanes) is 26. The number of ether oxygens (including phenoxy) is 3. The molecule has 0 spiro atoms.